The van der Waals surface area contributed by atoms with Crippen molar-refractivity contribution in [1.29, 1.82) is 0 Å². The van der Waals surface area contributed by atoms with Crippen LogP contribution in [0, 0.1) is 0 Å². The quantitative estimate of drug-likeness (QED) is 0.393. The molecule has 0 aliphatic carbocycles. The molecule has 2 aromatic rings. The van der Waals surface area contributed by atoms with E-state index in [0.29, 0.717) is 42.0 Å². The van der Waals surface area contributed by atoms with Crippen molar-refractivity contribution in [2.24, 2.45) is 0 Å². The summed E-state index contributed by atoms with van der Waals surface area (Å²) in [5.74, 6) is -1.04. The van der Waals surface area contributed by atoms with Gasteiger partial charge in [0.2, 0.25) is 11.8 Å². The van der Waals surface area contributed by atoms with Crippen LogP contribution in [0.25, 0.3) is 0 Å². The third-order valence-electron chi connectivity index (χ3n) is 4.77. The van der Waals surface area contributed by atoms with Crippen LogP contribution < -0.4 is 21.3 Å². The molecule has 176 valence electrons. The Balaban J connectivity index is 1.86. The maximum absolute atomic E-state index is 12.4. The molecule has 4 amide bonds. The van der Waals surface area contributed by atoms with Gasteiger partial charge in [0.25, 0.3) is 11.8 Å². The molecule has 0 fully saturated rings. The summed E-state index contributed by atoms with van der Waals surface area (Å²) in [7, 11) is 0. The summed E-state index contributed by atoms with van der Waals surface area (Å²) in [5.41, 5.74) is 1.67. The van der Waals surface area contributed by atoms with Crippen molar-refractivity contribution in [2.75, 3.05) is 23.7 Å². The molecular formula is C25H32N4O4. The first-order chi connectivity index (χ1) is 16.0. The summed E-state index contributed by atoms with van der Waals surface area (Å²) in [5, 5.41) is 11.1. The van der Waals surface area contributed by atoms with E-state index in [1.165, 1.54) is 0 Å². The van der Waals surface area contributed by atoms with E-state index in [1.807, 2.05) is 13.8 Å². The SMILES string of the molecule is CCCNC(=O)c1ccccc1NC(=O)CCCC(=O)Nc1ccccc1C(=O)NCCC. The van der Waals surface area contributed by atoms with Crippen LogP contribution in [0.2, 0.25) is 0 Å². The maximum Gasteiger partial charge on any atom is 0.253 e. The summed E-state index contributed by atoms with van der Waals surface area (Å²) in [6.45, 7) is 5.03. The Hall–Kier alpha value is -3.68. The predicted molar refractivity (Wildman–Crippen MR) is 129 cm³/mol. The number of nitrogens with one attached hydrogen (secondary N) is 4. The van der Waals surface area contributed by atoms with E-state index in [-0.39, 0.29) is 36.5 Å². The minimum Gasteiger partial charge on any atom is -0.352 e. The Labute approximate surface area is 194 Å². The van der Waals surface area contributed by atoms with Crippen LogP contribution in [0.5, 0.6) is 0 Å². The molecule has 0 heterocycles. The summed E-state index contributed by atoms with van der Waals surface area (Å²) in [4.78, 5) is 49.3. The van der Waals surface area contributed by atoms with Crippen LogP contribution in [0.4, 0.5) is 11.4 Å². The number of rotatable bonds is 12. The zero-order chi connectivity index (χ0) is 24.1. The minimum absolute atomic E-state index is 0.122. The molecule has 0 aliphatic rings. The van der Waals surface area contributed by atoms with Crippen molar-refractivity contribution in [3.05, 3.63) is 59.7 Å². The predicted octanol–water partition coefficient (Wildman–Crippen LogP) is 3.71. The molecular weight excluding hydrogens is 420 g/mol. The van der Waals surface area contributed by atoms with Gasteiger partial charge in [-0.05, 0) is 43.5 Å². The lowest BCUT2D eigenvalue weighted by Crippen LogP contribution is -2.26. The first kappa shape index (κ1) is 25.6. The Bertz CT molecular complexity index is 897. The summed E-state index contributed by atoms with van der Waals surface area (Å²) >= 11 is 0. The van der Waals surface area contributed by atoms with Crippen molar-refractivity contribution in [3.63, 3.8) is 0 Å². The lowest BCUT2D eigenvalue weighted by atomic mass is 10.1. The fourth-order valence-corrected chi connectivity index (χ4v) is 3.08. The number of anilines is 2. The van der Waals surface area contributed by atoms with Crippen LogP contribution in [0.3, 0.4) is 0 Å². The van der Waals surface area contributed by atoms with E-state index in [1.54, 1.807) is 48.5 Å². The molecule has 8 nitrogen and oxygen atoms in total. The molecule has 0 spiro atoms. The summed E-state index contributed by atoms with van der Waals surface area (Å²) in [6, 6.07) is 13.6. The van der Waals surface area contributed by atoms with Crippen molar-refractivity contribution >= 4 is 35.0 Å². The number of benzene rings is 2. The van der Waals surface area contributed by atoms with E-state index >= 15 is 0 Å². The van der Waals surface area contributed by atoms with Gasteiger partial charge in [0.1, 0.15) is 0 Å². The van der Waals surface area contributed by atoms with E-state index in [4.69, 9.17) is 0 Å². The van der Waals surface area contributed by atoms with Gasteiger partial charge < -0.3 is 21.3 Å². The number of carbonyl (C=O) groups is 4. The zero-order valence-electron chi connectivity index (χ0n) is 19.2. The summed E-state index contributed by atoms with van der Waals surface area (Å²) < 4.78 is 0. The third-order valence-corrected chi connectivity index (χ3v) is 4.77. The number of hydrogen-bond acceptors (Lipinski definition) is 4. The standard InChI is InChI=1S/C25H32N4O4/c1-3-16-26-24(32)18-10-5-7-12-20(18)28-22(30)14-9-15-23(31)29-21-13-8-6-11-19(21)25(33)27-17-4-2/h5-8,10-13H,3-4,9,14-17H2,1-2H3,(H,26,32)(H,27,33)(H,28,30)(H,29,31). The third kappa shape index (κ3) is 8.40. The van der Waals surface area contributed by atoms with E-state index in [2.05, 4.69) is 21.3 Å². The highest BCUT2D eigenvalue weighted by Gasteiger charge is 2.15. The topological polar surface area (TPSA) is 116 Å². The van der Waals surface area contributed by atoms with Crippen LogP contribution in [0.1, 0.15) is 66.7 Å². The van der Waals surface area contributed by atoms with Crippen LogP contribution in [-0.4, -0.2) is 36.7 Å². The van der Waals surface area contributed by atoms with Gasteiger partial charge in [-0.3, -0.25) is 19.2 Å². The van der Waals surface area contributed by atoms with Gasteiger partial charge in [-0.25, -0.2) is 0 Å². The fraction of sp³-hybridized carbons (Fsp3) is 0.360. The second-order valence-electron chi connectivity index (χ2n) is 7.55. The number of amides is 4. The van der Waals surface area contributed by atoms with E-state index < -0.39 is 0 Å². The number of hydrogen-bond donors (Lipinski definition) is 4. The average molecular weight is 453 g/mol. The number of para-hydroxylation sites is 2. The zero-order valence-corrected chi connectivity index (χ0v) is 19.2. The first-order valence-electron chi connectivity index (χ1n) is 11.3. The maximum atomic E-state index is 12.4. The minimum atomic E-state index is -0.280. The largest absolute Gasteiger partial charge is 0.352 e. The van der Waals surface area contributed by atoms with Crippen molar-refractivity contribution < 1.29 is 19.2 Å². The molecule has 0 bridgehead atoms. The van der Waals surface area contributed by atoms with Gasteiger partial charge in [-0.15, -0.1) is 0 Å². The monoisotopic (exact) mass is 452 g/mol. The van der Waals surface area contributed by atoms with Crippen LogP contribution in [0.15, 0.2) is 48.5 Å². The fourth-order valence-electron chi connectivity index (χ4n) is 3.08. The van der Waals surface area contributed by atoms with Crippen molar-refractivity contribution in [3.8, 4) is 0 Å². The van der Waals surface area contributed by atoms with Crippen LogP contribution >= 0.6 is 0 Å². The lowest BCUT2D eigenvalue weighted by Gasteiger charge is -2.12. The second-order valence-corrected chi connectivity index (χ2v) is 7.55. The molecule has 33 heavy (non-hydrogen) atoms. The van der Waals surface area contributed by atoms with Gasteiger partial charge in [0, 0.05) is 25.9 Å². The molecule has 8 heteroatoms. The molecule has 0 radical (unpaired) electrons. The Kier molecular flexibility index (Phi) is 10.6. The highest BCUT2D eigenvalue weighted by molar-refractivity contribution is 6.05. The summed E-state index contributed by atoms with van der Waals surface area (Å²) in [6.07, 6.45) is 2.20. The lowest BCUT2D eigenvalue weighted by molar-refractivity contribution is -0.117. The van der Waals surface area contributed by atoms with Gasteiger partial charge in [0.05, 0.1) is 22.5 Å². The smallest absolute Gasteiger partial charge is 0.253 e. The Morgan fingerprint density at radius 3 is 1.42 bits per heavy atom. The molecule has 0 aliphatic heterocycles. The molecule has 4 N–H and O–H groups in total. The first-order valence-corrected chi connectivity index (χ1v) is 11.3. The second kappa shape index (κ2) is 13.7. The number of carbonyl (C=O) groups excluding carboxylic acids is 4. The molecule has 0 aromatic heterocycles. The molecule has 0 atom stereocenters. The molecule has 0 saturated carbocycles. The van der Waals surface area contributed by atoms with E-state index in [0.717, 1.165) is 12.8 Å². The Morgan fingerprint density at radius 1 is 0.636 bits per heavy atom. The molecule has 2 aromatic carbocycles. The van der Waals surface area contributed by atoms with Gasteiger partial charge >= 0.3 is 0 Å². The Morgan fingerprint density at radius 2 is 1.03 bits per heavy atom. The van der Waals surface area contributed by atoms with Gasteiger partial charge in [0.15, 0.2) is 0 Å². The normalized spacial score (nSPS) is 10.2. The van der Waals surface area contributed by atoms with Crippen LogP contribution in [-0.2, 0) is 9.59 Å². The van der Waals surface area contributed by atoms with Crippen molar-refractivity contribution in [1.82, 2.24) is 10.6 Å². The highest BCUT2D eigenvalue weighted by atomic mass is 16.2. The molecule has 0 unspecified atom stereocenters. The van der Waals surface area contributed by atoms with Crippen molar-refractivity contribution in [2.45, 2.75) is 46.0 Å². The molecule has 0 saturated heterocycles. The van der Waals surface area contributed by atoms with E-state index in [9.17, 15) is 19.2 Å². The average Bonchev–Trinajstić information content (AvgIpc) is 2.81. The van der Waals surface area contributed by atoms with Gasteiger partial charge in [-0.2, -0.15) is 0 Å². The highest BCUT2D eigenvalue weighted by Crippen LogP contribution is 2.17. The van der Waals surface area contributed by atoms with Gasteiger partial charge in [-0.1, -0.05) is 38.1 Å². The molecule has 2 rings (SSSR count).